The normalized spacial score (nSPS) is 12.7. The molecule has 1 heterocycles. The second kappa shape index (κ2) is 6.12. The molecule has 8 heteroatoms. The predicted molar refractivity (Wildman–Crippen MR) is 71.6 cm³/mol. The number of nitrogens with two attached hydrogens (primary N) is 1. The third-order valence-corrected chi connectivity index (χ3v) is 3.09. The summed E-state index contributed by atoms with van der Waals surface area (Å²) in [7, 11) is 0. The zero-order valence-corrected chi connectivity index (χ0v) is 11.2. The van der Waals surface area contributed by atoms with Crippen molar-refractivity contribution in [3.8, 4) is 0 Å². The molecule has 0 aliphatic carbocycles. The van der Waals surface area contributed by atoms with Crippen LogP contribution in [0.15, 0.2) is 18.2 Å². The Labute approximate surface area is 120 Å². The van der Waals surface area contributed by atoms with Crippen molar-refractivity contribution in [3.05, 3.63) is 34.9 Å². The lowest BCUT2D eigenvalue weighted by Gasteiger charge is -2.16. The van der Waals surface area contributed by atoms with Gasteiger partial charge in [-0.15, -0.1) is 0 Å². The van der Waals surface area contributed by atoms with Gasteiger partial charge < -0.3 is 25.8 Å². The molecule has 0 saturated heterocycles. The number of hydrogen-bond acceptors (Lipinski definition) is 4. The minimum Gasteiger partial charge on any atom is -0.478 e. The fourth-order valence-electron chi connectivity index (χ4n) is 2.09. The molecule has 0 atom stereocenters. The quantitative estimate of drug-likeness (QED) is 0.698. The van der Waals surface area contributed by atoms with Gasteiger partial charge in [-0.1, -0.05) is 6.07 Å². The van der Waals surface area contributed by atoms with Gasteiger partial charge >= 0.3 is 18.1 Å². The summed E-state index contributed by atoms with van der Waals surface area (Å²) in [4.78, 5) is 34.7. The Morgan fingerprint density at radius 2 is 2.00 bits per heavy atom. The number of nitrogens with zero attached hydrogens (tertiary/aromatic N) is 1. The number of ether oxygens (including phenoxy) is 1. The molecule has 0 unspecified atom stereocenters. The van der Waals surface area contributed by atoms with Gasteiger partial charge in [-0.25, -0.2) is 14.4 Å². The van der Waals surface area contributed by atoms with Gasteiger partial charge in [-0.2, -0.15) is 0 Å². The molecule has 1 aliphatic heterocycles. The smallest absolute Gasteiger partial charge is 0.404 e. The molecule has 2 rings (SSSR count). The topological polar surface area (TPSA) is 122 Å². The third-order valence-electron chi connectivity index (χ3n) is 3.09. The number of amides is 3. The second-order valence-corrected chi connectivity index (χ2v) is 4.54. The van der Waals surface area contributed by atoms with Crippen LogP contribution in [0.1, 0.15) is 21.5 Å². The Hall–Kier alpha value is -2.77. The minimum absolute atomic E-state index is 0.00498. The van der Waals surface area contributed by atoms with E-state index in [9.17, 15) is 14.4 Å². The van der Waals surface area contributed by atoms with Gasteiger partial charge in [0, 0.05) is 13.1 Å². The van der Waals surface area contributed by atoms with Crippen molar-refractivity contribution in [3.63, 3.8) is 0 Å². The van der Waals surface area contributed by atoms with Gasteiger partial charge in [0.05, 0.1) is 12.1 Å². The van der Waals surface area contributed by atoms with Crippen LogP contribution in [-0.4, -0.2) is 41.3 Å². The van der Waals surface area contributed by atoms with Gasteiger partial charge in [0.15, 0.2) is 0 Å². The number of urea groups is 1. The number of carbonyl (C=O) groups excluding carboxylic acids is 2. The van der Waals surface area contributed by atoms with Gasteiger partial charge in [0.1, 0.15) is 6.61 Å². The lowest BCUT2D eigenvalue weighted by Crippen LogP contribution is -2.38. The highest BCUT2D eigenvalue weighted by atomic mass is 16.5. The minimum atomic E-state index is -0.996. The van der Waals surface area contributed by atoms with E-state index in [-0.39, 0.29) is 24.7 Å². The van der Waals surface area contributed by atoms with Gasteiger partial charge in [-0.3, -0.25) is 0 Å². The Balaban J connectivity index is 1.88. The van der Waals surface area contributed by atoms with E-state index in [1.807, 2.05) is 0 Å². The Kier molecular flexibility index (Phi) is 4.27. The van der Waals surface area contributed by atoms with Crippen LogP contribution < -0.4 is 11.1 Å². The van der Waals surface area contributed by atoms with Crippen molar-refractivity contribution in [1.82, 2.24) is 10.2 Å². The molecule has 112 valence electrons. The fourth-order valence-corrected chi connectivity index (χ4v) is 2.09. The van der Waals surface area contributed by atoms with Crippen molar-refractivity contribution in [2.45, 2.75) is 13.1 Å². The summed E-state index contributed by atoms with van der Waals surface area (Å²) in [6.45, 7) is 0.927. The summed E-state index contributed by atoms with van der Waals surface area (Å²) >= 11 is 0. The summed E-state index contributed by atoms with van der Waals surface area (Å²) < 4.78 is 4.50. The van der Waals surface area contributed by atoms with Crippen molar-refractivity contribution < 1.29 is 24.2 Å². The van der Waals surface area contributed by atoms with Crippen LogP contribution in [0.3, 0.4) is 0 Å². The molecule has 8 nitrogen and oxygen atoms in total. The molecule has 1 aliphatic rings. The molecule has 0 fully saturated rings. The lowest BCUT2D eigenvalue weighted by molar-refractivity contribution is 0.0696. The number of carboxylic acids is 1. The summed E-state index contributed by atoms with van der Waals surface area (Å²) in [5, 5.41) is 11.5. The number of nitrogens with one attached hydrogen (secondary N) is 1. The van der Waals surface area contributed by atoms with Crippen molar-refractivity contribution >= 4 is 18.1 Å². The molecule has 0 spiro atoms. The molecule has 0 aromatic heterocycles. The average Bonchev–Trinajstić information content (AvgIpc) is 2.85. The van der Waals surface area contributed by atoms with E-state index in [2.05, 4.69) is 10.1 Å². The Morgan fingerprint density at radius 3 is 2.67 bits per heavy atom. The van der Waals surface area contributed by atoms with Crippen LogP contribution in [0.5, 0.6) is 0 Å². The van der Waals surface area contributed by atoms with E-state index in [0.717, 1.165) is 11.1 Å². The van der Waals surface area contributed by atoms with E-state index in [4.69, 9.17) is 10.8 Å². The number of benzene rings is 1. The van der Waals surface area contributed by atoms with Crippen molar-refractivity contribution in [1.29, 1.82) is 0 Å². The van der Waals surface area contributed by atoms with Gasteiger partial charge in [0.2, 0.25) is 0 Å². The zero-order chi connectivity index (χ0) is 15.4. The average molecular weight is 293 g/mol. The number of hydrogen-bond donors (Lipinski definition) is 3. The van der Waals surface area contributed by atoms with Crippen LogP contribution in [0.25, 0.3) is 0 Å². The SMILES string of the molecule is NC(=O)OCCNC(=O)N1Cc2ccc(C(=O)O)cc2C1. The maximum Gasteiger partial charge on any atom is 0.404 e. The van der Waals surface area contributed by atoms with E-state index in [0.29, 0.717) is 13.1 Å². The molecular weight excluding hydrogens is 278 g/mol. The van der Waals surface area contributed by atoms with E-state index in [1.54, 1.807) is 17.0 Å². The molecule has 4 N–H and O–H groups in total. The molecule has 0 bridgehead atoms. The molecule has 0 radical (unpaired) electrons. The number of rotatable bonds is 4. The van der Waals surface area contributed by atoms with Gasteiger partial charge in [-0.05, 0) is 23.3 Å². The van der Waals surface area contributed by atoms with E-state index < -0.39 is 12.1 Å². The van der Waals surface area contributed by atoms with Crippen LogP contribution in [0, 0.1) is 0 Å². The first kappa shape index (κ1) is 14.6. The third kappa shape index (κ3) is 3.62. The maximum absolute atomic E-state index is 11.9. The van der Waals surface area contributed by atoms with E-state index in [1.165, 1.54) is 6.07 Å². The number of carboxylic acid groups (broad SMARTS) is 1. The highest BCUT2D eigenvalue weighted by molar-refractivity contribution is 5.88. The predicted octanol–water partition coefficient (Wildman–Crippen LogP) is 0.505. The molecule has 1 aromatic carbocycles. The molecular formula is C13H15N3O5. The first-order valence-electron chi connectivity index (χ1n) is 6.27. The number of fused-ring (bicyclic) bond motifs is 1. The fraction of sp³-hybridized carbons (Fsp3) is 0.308. The first-order valence-corrected chi connectivity index (χ1v) is 6.27. The molecule has 0 saturated carbocycles. The Morgan fingerprint density at radius 1 is 1.29 bits per heavy atom. The van der Waals surface area contributed by atoms with Crippen LogP contribution in [-0.2, 0) is 17.8 Å². The summed E-state index contributed by atoms with van der Waals surface area (Å²) in [6.07, 6.45) is -0.890. The Bertz CT molecular complexity index is 587. The molecule has 3 amide bonds. The standard InChI is InChI=1S/C13H15N3O5/c14-12(19)21-4-3-15-13(20)16-6-9-2-1-8(11(17)18)5-10(9)7-16/h1-2,5H,3-4,6-7H2,(H2,14,19)(H,15,20)(H,17,18). The molecule has 21 heavy (non-hydrogen) atoms. The summed E-state index contributed by atoms with van der Waals surface area (Å²) in [6, 6.07) is 4.49. The van der Waals surface area contributed by atoms with Gasteiger partial charge in [0.25, 0.3) is 0 Å². The zero-order valence-electron chi connectivity index (χ0n) is 11.2. The van der Waals surface area contributed by atoms with Crippen molar-refractivity contribution in [2.24, 2.45) is 5.73 Å². The van der Waals surface area contributed by atoms with Crippen LogP contribution in [0.2, 0.25) is 0 Å². The number of primary amides is 1. The molecule has 1 aromatic rings. The van der Waals surface area contributed by atoms with E-state index >= 15 is 0 Å². The summed E-state index contributed by atoms with van der Waals surface area (Å²) in [5.41, 5.74) is 6.73. The summed E-state index contributed by atoms with van der Waals surface area (Å²) in [5.74, 6) is -0.996. The maximum atomic E-state index is 11.9. The number of aromatic carboxylic acids is 1. The lowest BCUT2D eigenvalue weighted by atomic mass is 10.1. The second-order valence-electron chi connectivity index (χ2n) is 4.54. The first-order chi connectivity index (χ1) is 9.97. The highest BCUT2D eigenvalue weighted by Crippen LogP contribution is 2.23. The number of carbonyl (C=O) groups is 3. The monoisotopic (exact) mass is 293 g/mol. The largest absolute Gasteiger partial charge is 0.478 e. The van der Waals surface area contributed by atoms with Crippen molar-refractivity contribution in [2.75, 3.05) is 13.2 Å². The highest BCUT2D eigenvalue weighted by Gasteiger charge is 2.23. The van der Waals surface area contributed by atoms with Crippen LogP contribution >= 0.6 is 0 Å². The van der Waals surface area contributed by atoms with Crippen LogP contribution in [0.4, 0.5) is 9.59 Å².